The number of hydrogen-bond donors (Lipinski definition) is 1. The van der Waals surface area contributed by atoms with Crippen LogP contribution in [0.1, 0.15) is 52.7 Å². The summed E-state index contributed by atoms with van der Waals surface area (Å²) in [6.07, 6.45) is 0. The van der Waals surface area contributed by atoms with Gasteiger partial charge in [0.1, 0.15) is 0 Å². The first-order valence-corrected chi connectivity index (χ1v) is 18.6. The molecule has 6 aromatic carbocycles. The van der Waals surface area contributed by atoms with Crippen LogP contribution in [0.2, 0.25) is 0 Å². The normalized spacial score (nSPS) is 12.2. The van der Waals surface area contributed by atoms with Crippen LogP contribution in [0.3, 0.4) is 0 Å². The van der Waals surface area contributed by atoms with E-state index in [2.05, 4.69) is 152 Å². The van der Waals surface area contributed by atoms with Gasteiger partial charge in [-0.3, -0.25) is 0 Å². The van der Waals surface area contributed by atoms with E-state index in [4.69, 9.17) is 8.83 Å². The Balaban J connectivity index is 0.938. The third-order valence-electron chi connectivity index (χ3n) is 10.4. The minimum atomic E-state index is 0.0834. The molecule has 0 aliphatic carbocycles. The van der Waals surface area contributed by atoms with Gasteiger partial charge in [-0.15, -0.1) is 20.4 Å². The zero-order valence-corrected chi connectivity index (χ0v) is 31.8. The third-order valence-corrected chi connectivity index (χ3v) is 10.4. The van der Waals surface area contributed by atoms with Crippen LogP contribution in [0, 0.1) is 0 Å². The van der Waals surface area contributed by atoms with Crippen LogP contribution in [0.25, 0.3) is 89.9 Å². The lowest BCUT2D eigenvalue weighted by atomic mass is 9.87. The Labute approximate surface area is 320 Å². The summed E-state index contributed by atoms with van der Waals surface area (Å²) in [5, 5.41) is 19.7. The van der Waals surface area contributed by atoms with Crippen molar-refractivity contribution < 1.29 is 8.83 Å². The minimum absolute atomic E-state index is 0.0834. The maximum Gasteiger partial charge on any atom is 0.248 e. The average molecular weight is 720 g/mol. The standard InChI is InChI=1S/C48H41N5O2/c1-47(2,3)37-21-15-33(16-22-37)45-52-50-43(54-45)31-11-7-29(8-12-31)35-19-25-41-39(27-35)40-28-36(20-26-42(40)49-41)30-9-13-32(14-10-30)44-51-53-46(55-44)34-17-23-38(24-18-34)48(4,5)6/h7-28,49H,1-6H3. The molecule has 9 aromatic rings. The molecule has 55 heavy (non-hydrogen) atoms. The first kappa shape index (κ1) is 34.2. The number of nitrogens with one attached hydrogen (secondary N) is 1. The van der Waals surface area contributed by atoms with Crippen molar-refractivity contribution in [2.45, 2.75) is 52.4 Å². The van der Waals surface area contributed by atoms with E-state index in [1.165, 1.54) is 21.9 Å². The lowest BCUT2D eigenvalue weighted by molar-refractivity contribution is 0.582. The number of nitrogens with zero attached hydrogens (tertiary/aromatic N) is 4. The molecule has 0 unspecified atom stereocenters. The van der Waals surface area contributed by atoms with Gasteiger partial charge >= 0.3 is 0 Å². The molecule has 0 fully saturated rings. The summed E-state index contributed by atoms with van der Waals surface area (Å²) in [7, 11) is 0. The SMILES string of the molecule is CC(C)(C)c1ccc(-c2nnc(-c3ccc(-c4ccc5[nH]c6ccc(-c7ccc(-c8nnc(-c9ccc(C(C)(C)C)cc9)o8)cc7)cc6c5c4)cc3)o2)cc1. The predicted molar refractivity (Wildman–Crippen MR) is 222 cm³/mol. The number of benzene rings is 6. The molecule has 0 amide bonds. The molecule has 0 atom stereocenters. The maximum absolute atomic E-state index is 6.09. The molecule has 9 rings (SSSR count). The molecule has 3 aromatic heterocycles. The second kappa shape index (κ2) is 13.1. The van der Waals surface area contributed by atoms with Crippen LogP contribution in [0.4, 0.5) is 0 Å². The molecule has 0 aliphatic heterocycles. The van der Waals surface area contributed by atoms with Crippen molar-refractivity contribution in [2.24, 2.45) is 0 Å². The van der Waals surface area contributed by atoms with Crippen molar-refractivity contribution >= 4 is 21.8 Å². The molecule has 0 radical (unpaired) electrons. The van der Waals surface area contributed by atoms with Crippen LogP contribution in [0.15, 0.2) is 142 Å². The zero-order valence-electron chi connectivity index (χ0n) is 31.8. The average Bonchev–Trinajstić information content (AvgIpc) is 3.97. The first-order valence-electron chi connectivity index (χ1n) is 18.6. The van der Waals surface area contributed by atoms with Crippen molar-refractivity contribution in [3.63, 3.8) is 0 Å². The van der Waals surface area contributed by atoms with Crippen molar-refractivity contribution in [2.75, 3.05) is 0 Å². The van der Waals surface area contributed by atoms with E-state index < -0.39 is 0 Å². The van der Waals surface area contributed by atoms with Crippen LogP contribution in [-0.2, 0) is 10.8 Å². The van der Waals surface area contributed by atoms with Gasteiger partial charge in [0.05, 0.1) is 0 Å². The number of aromatic nitrogens is 5. The second-order valence-corrected chi connectivity index (χ2v) is 16.3. The topological polar surface area (TPSA) is 93.6 Å². The molecule has 3 heterocycles. The summed E-state index contributed by atoms with van der Waals surface area (Å²) in [6.45, 7) is 13.2. The van der Waals surface area contributed by atoms with Gasteiger partial charge in [0.15, 0.2) is 0 Å². The largest absolute Gasteiger partial charge is 0.416 e. The van der Waals surface area contributed by atoms with E-state index in [-0.39, 0.29) is 10.8 Å². The molecule has 0 spiro atoms. The maximum atomic E-state index is 6.09. The van der Waals surface area contributed by atoms with Gasteiger partial charge in [-0.25, -0.2) is 0 Å². The summed E-state index contributed by atoms with van der Waals surface area (Å²) in [4.78, 5) is 3.59. The fourth-order valence-corrected chi connectivity index (χ4v) is 7.01. The molecule has 7 heteroatoms. The molecule has 270 valence electrons. The molecule has 7 nitrogen and oxygen atoms in total. The van der Waals surface area contributed by atoms with Crippen LogP contribution in [-0.4, -0.2) is 25.4 Å². The van der Waals surface area contributed by atoms with Crippen molar-refractivity contribution in [1.29, 1.82) is 0 Å². The van der Waals surface area contributed by atoms with E-state index in [9.17, 15) is 0 Å². The van der Waals surface area contributed by atoms with Gasteiger partial charge < -0.3 is 13.8 Å². The highest BCUT2D eigenvalue weighted by Crippen LogP contribution is 2.35. The highest BCUT2D eigenvalue weighted by atomic mass is 16.4. The quantitative estimate of drug-likeness (QED) is 0.184. The molecule has 0 saturated heterocycles. The Kier molecular flexibility index (Phi) is 8.12. The number of fused-ring (bicyclic) bond motifs is 3. The lowest BCUT2D eigenvalue weighted by Gasteiger charge is -2.18. The highest BCUT2D eigenvalue weighted by Gasteiger charge is 2.18. The van der Waals surface area contributed by atoms with Crippen LogP contribution < -0.4 is 0 Å². The van der Waals surface area contributed by atoms with Crippen molar-refractivity contribution in [3.8, 4) is 68.1 Å². The van der Waals surface area contributed by atoms with Gasteiger partial charge in [-0.05, 0) is 117 Å². The number of H-pyrrole nitrogens is 1. The molecule has 0 aliphatic rings. The monoisotopic (exact) mass is 719 g/mol. The van der Waals surface area contributed by atoms with Crippen molar-refractivity contribution in [3.05, 3.63) is 145 Å². The number of aromatic amines is 1. The van der Waals surface area contributed by atoms with Gasteiger partial charge in [0.25, 0.3) is 0 Å². The smallest absolute Gasteiger partial charge is 0.248 e. The number of hydrogen-bond acceptors (Lipinski definition) is 6. The zero-order chi connectivity index (χ0) is 37.9. The van der Waals surface area contributed by atoms with E-state index in [0.717, 1.165) is 55.5 Å². The van der Waals surface area contributed by atoms with Crippen LogP contribution >= 0.6 is 0 Å². The number of rotatable bonds is 6. The van der Waals surface area contributed by atoms with Gasteiger partial charge in [-0.1, -0.05) is 102 Å². The molecular formula is C48H41N5O2. The van der Waals surface area contributed by atoms with Crippen molar-refractivity contribution in [1.82, 2.24) is 25.4 Å². The Morgan fingerprint density at radius 2 is 0.618 bits per heavy atom. The first-order chi connectivity index (χ1) is 26.5. The Bertz CT molecular complexity index is 2600. The molecule has 1 N–H and O–H groups in total. The van der Waals surface area contributed by atoms with Gasteiger partial charge in [0, 0.05) is 44.1 Å². The summed E-state index contributed by atoms with van der Waals surface area (Å²) in [5.74, 6) is 2.02. The summed E-state index contributed by atoms with van der Waals surface area (Å²) in [6, 6.07) is 46.4. The highest BCUT2D eigenvalue weighted by molar-refractivity contribution is 6.09. The van der Waals surface area contributed by atoms with Gasteiger partial charge in [0.2, 0.25) is 23.6 Å². The van der Waals surface area contributed by atoms with E-state index >= 15 is 0 Å². The minimum Gasteiger partial charge on any atom is -0.416 e. The lowest BCUT2D eigenvalue weighted by Crippen LogP contribution is -2.10. The molecule has 0 bridgehead atoms. The second-order valence-electron chi connectivity index (χ2n) is 16.3. The Hall–Kier alpha value is -6.60. The van der Waals surface area contributed by atoms with E-state index in [0.29, 0.717) is 23.6 Å². The molecular weight excluding hydrogens is 679 g/mol. The third kappa shape index (κ3) is 6.63. The van der Waals surface area contributed by atoms with E-state index in [1.54, 1.807) is 0 Å². The summed E-state index contributed by atoms with van der Waals surface area (Å²) < 4.78 is 12.2. The predicted octanol–water partition coefficient (Wildman–Crippen LogP) is 12.7. The fourth-order valence-electron chi connectivity index (χ4n) is 7.01. The fraction of sp³-hybridized carbons (Fsp3) is 0.167. The Morgan fingerprint density at radius 3 is 0.927 bits per heavy atom. The summed E-state index contributed by atoms with van der Waals surface area (Å²) in [5.41, 5.74) is 12.9. The molecule has 0 saturated carbocycles. The summed E-state index contributed by atoms with van der Waals surface area (Å²) >= 11 is 0. The van der Waals surface area contributed by atoms with Gasteiger partial charge in [-0.2, -0.15) is 0 Å². The Morgan fingerprint density at radius 1 is 0.345 bits per heavy atom. The van der Waals surface area contributed by atoms with Crippen LogP contribution in [0.5, 0.6) is 0 Å². The van der Waals surface area contributed by atoms with E-state index in [1.807, 2.05) is 48.5 Å².